The van der Waals surface area contributed by atoms with E-state index in [-0.39, 0.29) is 6.54 Å². The first kappa shape index (κ1) is 7.06. The van der Waals surface area contributed by atoms with Gasteiger partial charge in [0.1, 0.15) is 12.6 Å². The molecule has 0 spiro atoms. The van der Waals surface area contributed by atoms with Crippen LogP contribution >= 0.6 is 0 Å². The number of nitrogens with zero attached hydrogens (tertiary/aromatic N) is 1. The summed E-state index contributed by atoms with van der Waals surface area (Å²) in [6, 6.07) is 0. The summed E-state index contributed by atoms with van der Waals surface area (Å²) in [7, 11) is 5.25. The van der Waals surface area contributed by atoms with Crippen LogP contribution in [0.1, 0.15) is 9.11 Å². The Morgan fingerprint density at radius 1 is 1.64 bits per heavy atom. The fraction of sp³-hybridized carbons (Fsp3) is 0.857. The van der Waals surface area contributed by atoms with E-state index in [9.17, 15) is 9.90 Å². The van der Waals surface area contributed by atoms with E-state index in [0.717, 1.165) is 0 Å². The van der Waals surface area contributed by atoms with Crippen LogP contribution < -0.4 is 0 Å². The molecule has 4 heteroatoms. The Balaban J connectivity index is 4.43. The van der Waals surface area contributed by atoms with Crippen LogP contribution in [-0.2, 0) is 4.79 Å². The lowest BCUT2D eigenvalue weighted by Crippen LogP contribution is -2.42. The van der Waals surface area contributed by atoms with E-state index in [0.29, 0.717) is 4.48 Å². The van der Waals surface area contributed by atoms with Crippen molar-refractivity contribution in [3.63, 3.8) is 0 Å². The summed E-state index contributed by atoms with van der Waals surface area (Å²) in [4.78, 5) is 10.4. The van der Waals surface area contributed by atoms with Gasteiger partial charge in [0.05, 0.1) is 27.5 Å². The number of carbonyl (C=O) groups is 1. The lowest BCUT2D eigenvalue weighted by molar-refractivity contribution is -0.873. The molecular weight excluding hydrogens is 146 g/mol. The van der Waals surface area contributed by atoms with Crippen LogP contribution in [0.25, 0.3) is 0 Å². The molecule has 1 atom stereocenters. The summed E-state index contributed by atoms with van der Waals surface area (Å²) in [5, 5.41) is 17.8. The molecule has 0 aliphatic carbocycles. The van der Waals surface area contributed by atoms with Gasteiger partial charge in [0, 0.05) is 2.74 Å². The molecule has 0 unspecified atom stereocenters. The van der Waals surface area contributed by atoms with Gasteiger partial charge < -0.3 is 14.7 Å². The topological polar surface area (TPSA) is 57.5 Å². The molecule has 0 aliphatic rings. The Hall–Kier alpha value is -0.610. The Kier molecular flexibility index (Phi) is 2.37. The highest BCUT2D eigenvalue weighted by molar-refractivity contribution is 5.67. The van der Waals surface area contributed by atoms with Gasteiger partial charge in [0.15, 0.2) is 0 Å². The minimum Gasteiger partial charge on any atom is -0.481 e. The highest BCUT2D eigenvalue weighted by Gasteiger charge is 2.17. The van der Waals surface area contributed by atoms with Crippen molar-refractivity contribution in [1.29, 1.82) is 0 Å². The predicted molar refractivity (Wildman–Crippen MR) is 41.2 cm³/mol. The maximum Gasteiger partial charge on any atom is 0.306 e. The minimum absolute atomic E-state index is 0.0549. The highest BCUT2D eigenvalue weighted by atomic mass is 16.4. The van der Waals surface area contributed by atoms with E-state index in [4.69, 9.17) is 7.85 Å². The van der Waals surface area contributed by atoms with Gasteiger partial charge in [-0.2, -0.15) is 0 Å². The molecule has 0 aliphatic heterocycles. The first-order chi connectivity index (χ1) is 5.57. The standard InChI is InChI=1S/C7H15NO3/c1-8(2,3)5-6(9)4-7(10)11/h6,9H,4-5H2,1-3H3/p+1/t6-/m1/s1/i4D2. The molecule has 0 saturated heterocycles. The summed E-state index contributed by atoms with van der Waals surface area (Å²) in [5.41, 5.74) is 0. The highest BCUT2D eigenvalue weighted by Crippen LogP contribution is 1.98. The van der Waals surface area contributed by atoms with Crippen LogP contribution in [0, 0.1) is 0 Å². The van der Waals surface area contributed by atoms with Crippen molar-refractivity contribution in [3.05, 3.63) is 0 Å². The lowest BCUT2D eigenvalue weighted by Gasteiger charge is -2.25. The largest absolute Gasteiger partial charge is 0.481 e. The fourth-order valence-corrected chi connectivity index (χ4v) is 0.707. The van der Waals surface area contributed by atoms with Crippen molar-refractivity contribution in [2.24, 2.45) is 0 Å². The maximum absolute atomic E-state index is 10.4. The smallest absolute Gasteiger partial charge is 0.306 e. The molecule has 0 heterocycles. The van der Waals surface area contributed by atoms with Gasteiger partial charge in [-0.1, -0.05) is 0 Å². The molecule has 66 valence electrons. The molecule has 2 N–H and O–H groups in total. The van der Waals surface area contributed by atoms with E-state index in [1.165, 1.54) is 0 Å². The first-order valence-electron chi connectivity index (χ1n) is 4.29. The van der Waals surface area contributed by atoms with Gasteiger partial charge in [-0.05, 0) is 0 Å². The average molecular weight is 164 g/mol. The van der Waals surface area contributed by atoms with Crippen LogP contribution in [0.4, 0.5) is 0 Å². The molecule has 0 aromatic carbocycles. The minimum atomic E-state index is -2.58. The van der Waals surface area contributed by atoms with Gasteiger partial charge in [0.25, 0.3) is 0 Å². The number of carboxylic acids is 1. The predicted octanol–water partition coefficient (Wildman–Crippen LogP) is -0.472. The third-order valence-corrected chi connectivity index (χ3v) is 1.01. The quantitative estimate of drug-likeness (QED) is 0.552. The number of likely N-dealkylation sites (N-methyl/N-ethyl adjacent to an activating group) is 1. The van der Waals surface area contributed by atoms with Crippen molar-refractivity contribution >= 4 is 5.97 Å². The van der Waals surface area contributed by atoms with E-state index in [1.54, 1.807) is 21.1 Å². The second kappa shape index (κ2) is 3.69. The number of rotatable bonds is 4. The van der Waals surface area contributed by atoms with Crippen LogP contribution in [-0.4, -0.2) is 54.5 Å². The van der Waals surface area contributed by atoms with E-state index in [2.05, 4.69) is 0 Å². The third-order valence-electron chi connectivity index (χ3n) is 1.01. The van der Waals surface area contributed by atoms with Gasteiger partial charge in [-0.15, -0.1) is 0 Å². The van der Waals surface area contributed by atoms with Gasteiger partial charge >= 0.3 is 5.97 Å². The van der Waals surface area contributed by atoms with Crippen molar-refractivity contribution in [3.8, 4) is 0 Å². The Labute approximate surface area is 69.5 Å². The SMILES string of the molecule is [2H]C([2H])(C(=O)O)[C@@H](O)C[N+](C)(C)C. The van der Waals surface area contributed by atoms with Crippen LogP contribution in [0.5, 0.6) is 0 Å². The molecule has 0 saturated carbocycles. The zero-order valence-corrected chi connectivity index (χ0v) is 7.03. The maximum atomic E-state index is 10.4. The number of aliphatic hydroxyl groups is 1. The average Bonchev–Trinajstić information content (AvgIpc) is 1.82. The number of aliphatic carboxylic acids is 1. The van der Waals surface area contributed by atoms with E-state index >= 15 is 0 Å². The first-order valence-corrected chi connectivity index (χ1v) is 3.29. The second-order valence-corrected chi connectivity index (χ2v) is 3.44. The molecule has 0 radical (unpaired) electrons. The molecule has 11 heavy (non-hydrogen) atoms. The summed E-state index contributed by atoms with van der Waals surface area (Å²) >= 11 is 0. The summed E-state index contributed by atoms with van der Waals surface area (Å²) in [6.45, 7) is 0.0549. The Morgan fingerprint density at radius 3 is 2.36 bits per heavy atom. The number of carboxylic acid groups (broad SMARTS) is 1. The van der Waals surface area contributed by atoms with Crippen LogP contribution in [0.3, 0.4) is 0 Å². The van der Waals surface area contributed by atoms with Crippen molar-refractivity contribution in [2.75, 3.05) is 27.7 Å². The van der Waals surface area contributed by atoms with Gasteiger partial charge in [-0.25, -0.2) is 0 Å². The summed E-state index contributed by atoms with van der Waals surface area (Å²) in [5.74, 6) is -1.63. The van der Waals surface area contributed by atoms with E-state index in [1.807, 2.05) is 0 Å². The molecular formula is C7H16NO3+. The lowest BCUT2D eigenvalue weighted by atomic mass is 10.2. The number of hydrogen-bond acceptors (Lipinski definition) is 2. The van der Waals surface area contributed by atoms with Gasteiger partial charge in [0.2, 0.25) is 0 Å². The van der Waals surface area contributed by atoms with Gasteiger partial charge in [-0.3, -0.25) is 4.79 Å². The molecule has 0 rings (SSSR count). The number of hydrogen-bond donors (Lipinski definition) is 2. The second-order valence-electron chi connectivity index (χ2n) is 3.44. The van der Waals surface area contributed by atoms with Crippen molar-refractivity contribution < 1.29 is 22.2 Å². The number of quaternary nitrogens is 1. The molecule has 0 amide bonds. The molecule has 0 fully saturated rings. The van der Waals surface area contributed by atoms with Crippen molar-refractivity contribution in [1.82, 2.24) is 0 Å². The molecule has 0 bridgehead atoms. The summed E-state index contributed by atoms with van der Waals surface area (Å²) < 4.78 is 14.5. The third kappa shape index (κ3) is 7.29. The van der Waals surface area contributed by atoms with Crippen molar-refractivity contribution in [2.45, 2.75) is 12.5 Å². The number of aliphatic hydroxyl groups excluding tert-OH is 1. The molecule has 0 aromatic rings. The Bertz CT molecular complexity index is 200. The normalized spacial score (nSPS) is 18.5. The zero-order chi connectivity index (χ0) is 10.9. The molecule has 4 nitrogen and oxygen atoms in total. The summed E-state index contributed by atoms with van der Waals surface area (Å²) in [6.07, 6.45) is -4.07. The Morgan fingerprint density at radius 2 is 2.09 bits per heavy atom. The fourth-order valence-electron chi connectivity index (χ4n) is 0.707. The van der Waals surface area contributed by atoms with Crippen LogP contribution in [0.2, 0.25) is 0 Å². The monoisotopic (exact) mass is 164 g/mol. The van der Waals surface area contributed by atoms with E-state index < -0.39 is 18.4 Å². The molecule has 0 aromatic heterocycles. The van der Waals surface area contributed by atoms with Crippen LogP contribution in [0.15, 0.2) is 0 Å². The zero-order valence-electron chi connectivity index (χ0n) is 9.03.